The highest BCUT2D eigenvalue weighted by Crippen LogP contribution is 2.28. The highest BCUT2D eigenvalue weighted by molar-refractivity contribution is 6.31. The van der Waals surface area contributed by atoms with E-state index in [1.165, 1.54) is 0 Å². The number of halogens is 2. The Morgan fingerprint density at radius 2 is 1.69 bits per heavy atom. The third-order valence-electron chi connectivity index (χ3n) is 4.47. The van der Waals surface area contributed by atoms with Crippen LogP contribution >= 0.6 is 23.2 Å². The number of ether oxygens (including phenoxy) is 1. The van der Waals surface area contributed by atoms with Gasteiger partial charge in [0.05, 0.1) is 12.8 Å². The topological polar surface area (TPSA) is 44.8 Å². The van der Waals surface area contributed by atoms with Crippen molar-refractivity contribution in [3.8, 4) is 5.75 Å². The number of piperazine rings is 1. The lowest BCUT2D eigenvalue weighted by molar-refractivity contribution is 0.208. The van der Waals surface area contributed by atoms with Crippen LogP contribution in [0.2, 0.25) is 10.0 Å². The molecular formula is C19H21Cl2N3O2. The fourth-order valence-electron chi connectivity index (χ4n) is 3.10. The van der Waals surface area contributed by atoms with Gasteiger partial charge in [0.2, 0.25) is 0 Å². The van der Waals surface area contributed by atoms with Crippen molar-refractivity contribution in [3.05, 3.63) is 52.0 Å². The normalized spacial score (nSPS) is 14.3. The number of carbonyl (C=O) groups excluding carboxylic acids is 1. The summed E-state index contributed by atoms with van der Waals surface area (Å²) in [5.74, 6) is 0.582. The van der Waals surface area contributed by atoms with Gasteiger partial charge in [-0.2, -0.15) is 0 Å². The second-order valence-electron chi connectivity index (χ2n) is 6.18. The van der Waals surface area contributed by atoms with Gasteiger partial charge in [-0.05, 0) is 48.9 Å². The Labute approximate surface area is 163 Å². The molecule has 1 heterocycles. The number of urea groups is 1. The summed E-state index contributed by atoms with van der Waals surface area (Å²) in [5, 5.41) is 4.17. The van der Waals surface area contributed by atoms with E-state index in [1.54, 1.807) is 30.2 Å². The van der Waals surface area contributed by atoms with Crippen LogP contribution in [0.1, 0.15) is 5.56 Å². The molecular weight excluding hydrogens is 373 g/mol. The summed E-state index contributed by atoms with van der Waals surface area (Å²) in [4.78, 5) is 16.6. The third kappa shape index (κ3) is 4.17. The molecule has 2 aromatic carbocycles. The molecule has 0 atom stereocenters. The maximum absolute atomic E-state index is 12.6. The first-order valence-corrected chi connectivity index (χ1v) is 9.14. The average Bonchev–Trinajstić information content (AvgIpc) is 2.62. The Morgan fingerprint density at radius 1 is 1.04 bits per heavy atom. The number of rotatable bonds is 3. The van der Waals surface area contributed by atoms with Crippen molar-refractivity contribution in [3.63, 3.8) is 0 Å². The fraction of sp³-hybridized carbons (Fsp3) is 0.316. The van der Waals surface area contributed by atoms with E-state index >= 15 is 0 Å². The molecule has 0 bridgehead atoms. The molecule has 26 heavy (non-hydrogen) atoms. The van der Waals surface area contributed by atoms with Crippen LogP contribution in [0, 0.1) is 6.92 Å². The van der Waals surface area contributed by atoms with Crippen molar-refractivity contribution in [2.45, 2.75) is 6.92 Å². The minimum atomic E-state index is -0.155. The zero-order chi connectivity index (χ0) is 18.7. The maximum Gasteiger partial charge on any atom is 0.322 e. The standard InChI is InChI=1S/C19H21Cl2N3O2/c1-13-11-14(20)3-5-17(13)23-7-9-24(10-8-23)19(25)22-16-12-15(21)4-6-18(16)26-2/h3-6,11-12H,7-10H2,1-2H3,(H,22,25). The quantitative estimate of drug-likeness (QED) is 0.823. The Kier molecular flexibility index (Phi) is 5.79. The van der Waals surface area contributed by atoms with Crippen LogP contribution in [0.3, 0.4) is 0 Å². The molecule has 5 nitrogen and oxygen atoms in total. The van der Waals surface area contributed by atoms with Crippen molar-refractivity contribution < 1.29 is 9.53 Å². The van der Waals surface area contributed by atoms with Gasteiger partial charge in [0.25, 0.3) is 0 Å². The van der Waals surface area contributed by atoms with E-state index < -0.39 is 0 Å². The smallest absolute Gasteiger partial charge is 0.322 e. The average molecular weight is 394 g/mol. The van der Waals surface area contributed by atoms with E-state index in [4.69, 9.17) is 27.9 Å². The number of nitrogens with zero attached hydrogens (tertiary/aromatic N) is 2. The van der Waals surface area contributed by atoms with E-state index in [-0.39, 0.29) is 6.03 Å². The summed E-state index contributed by atoms with van der Waals surface area (Å²) in [6.07, 6.45) is 0. The van der Waals surface area contributed by atoms with Crippen LogP contribution < -0.4 is 15.0 Å². The molecule has 0 aromatic heterocycles. The lowest BCUT2D eigenvalue weighted by Gasteiger charge is -2.36. The summed E-state index contributed by atoms with van der Waals surface area (Å²) in [7, 11) is 1.56. The Hall–Kier alpha value is -2.11. The van der Waals surface area contributed by atoms with E-state index in [0.717, 1.165) is 29.4 Å². The van der Waals surface area contributed by atoms with E-state index in [0.29, 0.717) is 29.5 Å². The van der Waals surface area contributed by atoms with Gasteiger partial charge in [-0.1, -0.05) is 23.2 Å². The first-order valence-electron chi connectivity index (χ1n) is 8.38. The predicted octanol–water partition coefficient (Wildman–Crippen LogP) is 4.66. The van der Waals surface area contributed by atoms with Gasteiger partial charge in [-0.3, -0.25) is 0 Å². The Balaban J connectivity index is 1.63. The molecule has 0 radical (unpaired) electrons. The Morgan fingerprint density at radius 3 is 2.35 bits per heavy atom. The van der Waals surface area contributed by atoms with Crippen LogP contribution in [0.25, 0.3) is 0 Å². The largest absolute Gasteiger partial charge is 0.495 e. The van der Waals surface area contributed by atoms with Gasteiger partial charge in [0, 0.05) is 41.9 Å². The highest BCUT2D eigenvalue weighted by Gasteiger charge is 2.23. The molecule has 1 saturated heterocycles. The van der Waals surface area contributed by atoms with Gasteiger partial charge in [0.15, 0.2) is 0 Å². The summed E-state index contributed by atoms with van der Waals surface area (Å²) < 4.78 is 5.28. The predicted molar refractivity (Wildman–Crippen MR) is 107 cm³/mol. The molecule has 0 aliphatic carbocycles. The van der Waals surface area contributed by atoms with Crippen molar-refractivity contribution in [2.75, 3.05) is 43.5 Å². The number of hydrogen-bond donors (Lipinski definition) is 1. The number of hydrogen-bond acceptors (Lipinski definition) is 3. The molecule has 1 aliphatic heterocycles. The molecule has 0 unspecified atom stereocenters. The number of benzene rings is 2. The minimum absolute atomic E-state index is 0.155. The molecule has 7 heteroatoms. The molecule has 2 aromatic rings. The molecule has 2 amide bonds. The van der Waals surface area contributed by atoms with Crippen LogP contribution in [-0.4, -0.2) is 44.2 Å². The molecule has 0 spiro atoms. The monoisotopic (exact) mass is 393 g/mol. The van der Waals surface area contributed by atoms with Crippen LogP contribution in [0.5, 0.6) is 5.75 Å². The summed E-state index contributed by atoms with van der Waals surface area (Å²) in [6.45, 7) is 4.85. The van der Waals surface area contributed by atoms with Crippen molar-refractivity contribution in [1.82, 2.24) is 4.90 Å². The van der Waals surface area contributed by atoms with Gasteiger partial charge < -0.3 is 19.9 Å². The summed E-state index contributed by atoms with van der Waals surface area (Å²) in [5.41, 5.74) is 2.87. The molecule has 1 fully saturated rings. The fourth-order valence-corrected chi connectivity index (χ4v) is 3.50. The third-order valence-corrected chi connectivity index (χ3v) is 4.94. The van der Waals surface area contributed by atoms with Crippen molar-refractivity contribution in [1.29, 1.82) is 0 Å². The first-order chi connectivity index (χ1) is 12.5. The van der Waals surface area contributed by atoms with Crippen LogP contribution in [0.15, 0.2) is 36.4 Å². The van der Waals surface area contributed by atoms with Gasteiger partial charge in [-0.25, -0.2) is 4.79 Å². The molecule has 3 rings (SSSR count). The van der Waals surface area contributed by atoms with E-state index in [1.807, 2.05) is 25.1 Å². The van der Waals surface area contributed by atoms with Gasteiger partial charge in [0.1, 0.15) is 5.75 Å². The number of anilines is 2. The zero-order valence-corrected chi connectivity index (χ0v) is 16.3. The number of methoxy groups -OCH3 is 1. The number of carbonyl (C=O) groups is 1. The van der Waals surface area contributed by atoms with Crippen LogP contribution in [-0.2, 0) is 0 Å². The lowest BCUT2D eigenvalue weighted by Crippen LogP contribution is -2.50. The first kappa shape index (κ1) is 18.7. The second kappa shape index (κ2) is 8.06. The number of nitrogens with one attached hydrogen (secondary N) is 1. The molecule has 1 aliphatic rings. The number of aryl methyl sites for hydroxylation is 1. The summed E-state index contributed by atoms with van der Waals surface area (Å²) in [6, 6.07) is 10.9. The van der Waals surface area contributed by atoms with Crippen molar-refractivity contribution in [2.24, 2.45) is 0 Å². The van der Waals surface area contributed by atoms with E-state index in [9.17, 15) is 4.79 Å². The van der Waals surface area contributed by atoms with Crippen LogP contribution in [0.4, 0.5) is 16.2 Å². The van der Waals surface area contributed by atoms with Gasteiger partial charge in [-0.15, -0.1) is 0 Å². The zero-order valence-electron chi connectivity index (χ0n) is 14.8. The van der Waals surface area contributed by atoms with Crippen molar-refractivity contribution >= 4 is 40.6 Å². The number of amides is 2. The second-order valence-corrected chi connectivity index (χ2v) is 7.05. The van der Waals surface area contributed by atoms with Gasteiger partial charge >= 0.3 is 6.03 Å². The van der Waals surface area contributed by atoms with E-state index in [2.05, 4.69) is 10.2 Å². The molecule has 1 N–H and O–H groups in total. The Bertz CT molecular complexity index is 805. The minimum Gasteiger partial charge on any atom is -0.495 e. The maximum atomic E-state index is 12.6. The lowest BCUT2D eigenvalue weighted by atomic mass is 10.1. The summed E-state index contributed by atoms with van der Waals surface area (Å²) >= 11 is 12.1. The molecule has 138 valence electrons. The SMILES string of the molecule is COc1ccc(Cl)cc1NC(=O)N1CCN(c2ccc(Cl)cc2C)CC1. The molecule has 0 saturated carbocycles. The highest BCUT2D eigenvalue weighted by atomic mass is 35.5.